The van der Waals surface area contributed by atoms with Crippen molar-refractivity contribution in [3.05, 3.63) is 30.1 Å². The van der Waals surface area contributed by atoms with Gasteiger partial charge in [0.25, 0.3) is 0 Å². The zero-order valence-electron chi connectivity index (χ0n) is 15.6. The van der Waals surface area contributed by atoms with E-state index in [0.717, 1.165) is 25.2 Å². The number of sulfonamides is 2. The molecule has 2 saturated heterocycles. The Morgan fingerprint density at radius 3 is 2.32 bits per heavy atom. The van der Waals surface area contributed by atoms with Crippen LogP contribution in [0.3, 0.4) is 0 Å². The maximum atomic E-state index is 13.4. The van der Waals surface area contributed by atoms with Gasteiger partial charge in [-0.15, -0.1) is 0 Å². The van der Waals surface area contributed by atoms with E-state index in [1.165, 1.54) is 31.7 Å². The Morgan fingerprint density at radius 2 is 1.71 bits per heavy atom. The van der Waals surface area contributed by atoms with Gasteiger partial charge in [-0.25, -0.2) is 21.2 Å². The van der Waals surface area contributed by atoms with E-state index in [1.54, 1.807) is 0 Å². The molecule has 2 fully saturated rings. The molecule has 156 valence electrons. The van der Waals surface area contributed by atoms with Crippen LogP contribution < -0.4 is 0 Å². The third-order valence-corrected chi connectivity index (χ3v) is 8.33. The molecular formula is C17H24FN3O5S2. The van der Waals surface area contributed by atoms with Gasteiger partial charge >= 0.3 is 0 Å². The summed E-state index contributed by atoms with van der Waals surface area (Å²) in [6.07, 6.45) is 3.06. The Hall–Kier alpha value is -1.56. The van der Waals surface area contributed by atoms with E-state index in [9.17, 15) is 26.0 Å². The van der Waals surface area contributed by atoms with E-state index in [4.69, 9.17) is 0 Å². The molecule has 0 aromatic heterocycles. The maximum Gasteiger partial charge on any atom is 0.243 e. The molecular weight excluding hydrogens is 409 g/mol. The first kappa shape index (κ1) is 21.2. The van der Waals surface area contributed by atoms with Gasteiger partial charge in [0.1, 0.15) is 11.9 Å². The van der Waals surface area contributed by atoms with Gasteiger partial charge < -0.3 is 4.90 Å². The smallest absolute Gasteiger partial charge is 0.243 e. The summed E-state index contributed by atoms with van der Waals surface area (Å²) in [6.45, 7) is 0.818. The quantitative estimate of drug-likeness (QED) is 0.688. The Labute approximate surface area is 165 Å². The Balaban J connectivity index is 1.68. The Morgan fingerprint density at radius 1 is 1.04 bits per heavy atom. The standard InChI is InChI=1S/C17H24FN3O5S2/c1-27(23,24)21-8-3-2-7-16(21)17(22)19-9-11-20(12-10-19)28(25,26)15-6-4-5-14(18)13-15/h4-6,13,16H,2-3,7-12H2,1H3/t16-/m0/s1. The first-order valence-electron chi connectivity index (χ1n) is 9.12. The minimum atomic E-state index is -3.84. The highest BCUT2D eigenvalue weighted by Crippen LogP contribution is 2.23. The number of hydrogen-bond donors (Lipinski definition) is 0. The van der Waals surface area contributed by atoms with Gasteiger partial charge in [-0.3, -0.25) is 4.79 Å². The van der Waals surface area contributed by atoms with Crippen molar-refractivity contribution in [3.63, 3.8) is 0 Å². The number of carbonyl (C=O) groups is 1. The largest absolute Gasteiger partial charge is 0.339 e. The molecule has 0 bridgehead atoms. The van der Waals surface area contributed by atoms with Crippen LogP contribution in [-0.2, 0) is 24.8 Å². The minimum absolute atomic E-state index is 0.0795. The van der Waals surface area contributed by atoms with Crippen LogP contribution in [0.25, 0.3) is 0 Å². The topological polar surface area (TPSA) is 95.1 Å². The summed E-state index contributed by atoms with van der Waals surface area (Å²) < 4.78 is 65.2. The molecule has 2 aliphatic heterocycles. The Bertz CT molecular complexity index is 943. The zero-order valence-corrected chi connectivity index (χ0v) is 17.3. The van der Waals surface area contributed by atoms with Gasteiger partial charge in [0.2, 0.25) is 26.0 Å². The fourth-order valence-electron chi connectivity index (χ4n) is 3.68. The molecule has 0 spiro atoms. The summed E-state index contributed by atoms with van der Waals surface area (Å²) in [6, 6.07) is 4.09. The van der Waals surface area contributed by atoms with Gasteiger partial charge in [0.05, 0.1) is 11.2 Å². The summed E-state index contributed by atoms with van der Waals surface area (Å²) in [5, 5.41) is 0. The van der Waals surface area contributed by atoms with Crippen LogP contribution in [0.5, 0.6) is 0 Å². The Kier molecular flexibility index (Phi) is 6.08. The highest BCUT2D eigenvalue weighted by molar-refractivity contribution is 7.89. The van der Waals surface area contributed by atoms with Gasteiger partial charge in [-0.2, -0.15) is 8.61 Å². The third-order valence-electron chi connectivity index (χ3n) is 5.15. The number of amides is 1. The summed E-state index contributed by atoms with van der Waals surface area (Å²) in [4.78, 5) is 14.3. The lowest BCUT2D eigenvalue weighted by Gasteiger charge is -2.39. The lowest BCUT2D eigenvalue weighted by molar-refractivity contribution is -0.137. The molecule has 1 aromatic rings. The number of nitrogens with zero attached hydrogens (tertiary/aromatic N) is 3. The maximum absolute atomic E-state index is 13.4. The summed E-state index contributed by atoms with van der Waals surface area (Å²) in [5.41, 5.74) is 0. The van der Waals surface area contributed by atoms with Gasteiger partial charge in [-0.1, -0.05) is 12.5 Å². The van der Waals surface area contributed by atoms with Crippen LogP contribution in [0.15, 0.2) is 29.2 Å². The molecule has 2 heterocycles. The fraction of sp³-hybridized carbons (Fsp3) is 0.588. The lowest BCUT2D eigenvalue weighted by Crippen LogP contribution is -2.57. The van der Waals surface area contributed by atoms with E-state index in [1.807, 2.05) is 0 Å². The fourth-order valence-corrected chi connectivity index (χ4v) is 6.26. The van der Waals surface area contributed by atoms with E-state index in [0.29, 0.717) is 13.0 Å². The predicted octanol–water partition coefficient (Wildman–Crippen LogP) is 0.473. The third kappa shape index (κ3) is 4.37. The van der Waals surface area contributed by atoms with Crippen molar-refractivity contribution in [2.24, 2.45) is 0 Å². The van der Waals surface area contributed by atoms with Gasteiger partial charge in [-0.05, 0) is 31.0 Å². The van der Waals surface area contributed by atoms with Crippen LogP contribution in [0.4, 0.5) is 4.39 Å². The van der Waals surface area contributed by atoms with Crippen LogP contribution in [0, 0.1) is 5.82 Å². The minimum Gasteiger partial charge on any atom is -0.339 e. The molecule has 28 heavy (non-hydrogen) atoms. The van der Waals surface area contributed by atoms with E-state index >= 15 is 0 Å². The number of piperidine rings is 1. The summed E-state index contributed by atoms with van der Waals surface area (Å²) in [5.74, 6) is -0.916. The molecule has 0 radical (unpaired) electrons. The number of rotatable bonds is 4. The van der Waals surface area contributed by atoms with Crippen molar-refractivity contribution < 1.29 is 26.0 Å². The number of hydrogen-bond acceptors (Lipinski definition) is 5. The molecule has 1 amide bonds. The number of carbonyl (C=O) groups excluding carboxylic acids is 1. The van der Waals surface area contributed by atoms with Crippen molar-refractivity contribution in [1.29, 1.82) is 0 Å². The summed E-state index contributed by atoms with van der Waals surface area (Å²) >= 11 is 0. The predicted molar refractivity (Wildman–Crippen MR) is 101 cm³/mol. The molecule has 11 heteroatoms. The average molecular weight is 434 g/mol. The van der Waals surface area contributed by atoms with Gasteiger partial charge in [0, 0.05) is 32.7 Å². The number of benzene rings is 1. The van der Waals surface area contributed by atoms with Crippen molar-refractivity contribution in [2.45, 2.75) is 30.2 Å². The molecule has 1 atom stereocenters. The van der Waals surface area contributed by atoms with Crippen molar-refractivity contribution >= 4 is 26.0 Å². The molecule has 0 N–H and O–H groups in total. The van der Waals surface area contributed by atoms with E-state index in [-0.39, 0.29) is 37.0 Å². The van der Waals surface area contributed by atoms with Crippen LogP contribution in [0.2, 0.25) is 0 Å². The molecule has 3 rings (SSSR count). The van der Waals surface area contributed by atoms with Crippen LogP contribution in [-0.4, -0.2) is 81.3 Å². The highest BCUT2D eigenvalue weighted by Gasteiger charge is 2.38. The van der Waals surface area contributed by atoms with Crippen molar-refractivity contribution in [3.8, 4) is 0 Å². The molecule has 8 nitrogen and oxygen atoms in total. The zero-order chi connectivity index (χ0) is 20.5. The van der Waals surface area contributed by atoms with Gasteiger partial charge in [0.15, 0.2) is 0 Å². The van der Waals surface area contributed by atoms with E-state index < -0.39 is 31.9 Å². The summed E-state index contributed by atoms with van der Waals surface area (Å²) in [7, 11) is -7.33. The molecule has 0 unspecified atom stereocenters. The van der Waals surface area contributed by atoms with Crippen LogP contribution in [0.1, 0.15) is 19.3 Å². The number of piperazine rings is 1. The number of halogens is 1. The van der Waals surface area contributed by atoms with E-state index in [2.05, 4.69) is 0 Å². The SMILES string of the molecule is CS(=O)(=O)N1CCCC[C@H]1C(=O)N1CCN(S(=O)(=O)c2cccc(F)c2)CC1. The lowest BCUT2D eigenvalue weighted by atomic mass is 10.0. The second-order valence-corrected chi connectivity index (χ2v) is 10.9. The normalized spacial score (nSPS) is 22.9. The van der Waals surface area contributed by atoms with Crippen LogP contribution >= 0.6 is 0 Å². The first-order valence-corrected chi connectivity index (χ1v) is 12.4. The van der Waals surface area contributed by atoms with Crippen molar-refractivity contribution in [1.82, 2.24) is 13.5 Å². The second-order valence-electron chi connectivity index (χ2n) is 7.07. The molecule has 0 aliphatic carbocycles. The molecule has 0 saturated carbocycles. The van der Waals surface area contributed by atoms with Crippen molar-refractivity contribution in [2.75, 3.05) is 39.0 Å². The second kappa shape index (κ2) is 8.05. The molecule has 2 aliphatic rings. The monoisotopic (exact) mass is 433 g/mol. The average Bonchev–Trinajstić information content (AvgIpc) is 2.67. The molecule has 1 aromatic carbocycles. The first-order chi connectivity index (χ1) is 13.1. The highest BCUT2D eigenvalue weighted by atomic mass is 32.2.